The van der Waals surface area contributed by atoms with Gasteiger partial charge in [-0.25, -0.2) is 0 Å². The first-order valence-electron chi connectivity index (χ1n) is 31.3. The van der Waals surface area contributed by atoms with Crippen LogP contribution < -0.4 is 56.1 Å². The van der Waals surface area contributed by atoms with Gasteiger partial charge in [0.2, 0.25) is 29.5 Å². The fourth-order valence-corrected chi connectivity index (χ4v) is 9.94. The third-order valence-corrected chi connectivity index (χ3v) is 15.3. The van der Waals surface area contributed by atoms with E-state index in [1.54, 1.807) is 24.3 Å². The van der Waals surface area contributed by atoms with Crippen LogP contribution in [0.2, 0.25) is 0 Å². The molecule has 36 heteroatoms. The first-order valence-corrected chi connectivity index (χ1v) is 35.6. The molecule has 4 rings (SSSR count). The van der Waals surface area contributed by atoms with E-state index in [2.05, 4.69) is 56.1 Å². The average Bonchev–Trinajstić information content (AvgIpc) is 0.882. The Morgan fingerprint density at radius 3 is 1.08 bits per heavy atom. The van der Waals surface area contributed by atoms with Crippen LogP contribution in [-0.4, -0.2) is 178 Å². The zero-order valence-corrected chi connectivity index (χ0v) is 58.1. The summed E-state index contributed by atoms with van der Waals surface area (Å²) in [5.41, 5.74) is 1.99. The quantitative estimate of drug-likeness (QED) is 0.0172. The molecule has 99 heavy (non-hydrogen) atoms. The largest absolute Gasteiger partial charge is 0.755 e. The molecular weight excluding hydrogens is 1380 g/mol. The van der Waals surface area contributed by atoms with Gasteiger partial charge in [-0.3, -0.25) is 55.2 Å². The molecule has 4 aromatic rings. The number of ether oxygens (including phenoxy) is 3. The van der Waals surface area contributed by atoms with Crippen LogP contribution in [0.25, 0.3) is 0 Å². The van der Waals surface area contributed by atoms with Crippen molar-refractivity contribution in [2.45, 2.75) is 109 Å². The second-order valence-electron chi connectivity index (χ2n) is 22.0. The minimum Gasteiger partial charge on any atom is -0.755 e. The topological polar surface area (TPSA) is 491 Å². The number of hydrogen-bond acceptors (Lipinski definition) is 21. The van der Waals surface area contributed by atoms with Crippen LogP contribution in [0.15, 0.2) is 97.1 Å². The van der Waals surface area contributed by atoms with Crippen molar-refractivity contribution in [2.24, 2.45) is 0 Å². The zero-order chi connectivity index (χ0) is 72.8. The van der Waals surface area contributed by atoms with Crippen LogP contribution in [-0.2, 0) is 99.3 Å². The molecular formula is C63H85N11O21S4-4. The molecule has 7 amide bonds. The molecule has 0 radical (unpaired) electrons. The van der Waals surface area contributed by atoms with E-state index < -0.39 is 68.3 Å². The van der Waals surface area contributed by atoms with Crippen LogP contribution >= 0.6 is 0 Å². The van der Waals surface area contributed by atoms with E-state index in [9.17, 15) is 83.0 Å². The second-order valence-corrected chi connectivity index (χ2v) is 24.7. The number of Topliss-reactive ketones (excluding diaryl/α,β-unsaturated/α-hetero) is 3. The van der Waals surface area contributed by atoms with Gasteiger partial charge in [0, 0.05) is 175 Å². The second kappa shape index (κ2) is 49.3. The van der Waals surface area contributed by atoms with Gasteiger partial charge in [0.1, 0.15) is 17.1 Å². The van der Waals surface area contributed by atoms with E-state index in [0.29, 0.717) is 78.1 Å². The number of nitrogens with one attached hydrogen (secondary N) is 11. The molecule has 0 fully saturated rings. The molecule has 0 aliphatic heterocycles. The van der Waals surface area contributed by atoms with Gasteiger partial charge in [0.25, 0.3) is 11.8 Å². The van der Waals surface area contributed by atoms with Crippen molar-refractivity contribution in [3.8, 4) is 0 Å². The van der Waals surface area contributed by atoms with E-state index >= 15 is 0 Å². The van der Waals surface area contributed by atoms with Crippen molar-refractivity contribution >= 4 is 127 Å². The Kier molecular flexibility index (Phi) is 42.3. The van der Waals surface area contributed by atoms with Crippen molar-refractivity contribution in [1.29, 1.82) is 0 Å². The summed E-state index contributed by atoms with van der Waals surface area (Å²) in [7, 11) is 0. The number of unbranched alkanes of at least 4 members (excludes halogenated alkanes) is 1. The van der Waals surface area contributed by atoms with Crippen molar-refractivity contribution in [2.75, 3.05) is 97.8 Å². The minimum atomic E-state index is -2.51. The SMILES string of the molecule is CC(=O)CCC(=O)NCCc1ccc(NS(=O)[O-])cc1.CC(=O)CCCC(=O)NC(COCCC(=O)NCCCCC(=O)c1ccc(NS(=O)[O-])cc1)(COCCC(=O)NCCCNC(=O)c1ccc(NS(=O)[O-])cc1)COCCC(=O)NCCCNC(=O)c1ccc(NS(=O)[O-])cc1. The van der Waals surface area contributed by atoms with Gasteiger partial charge in [-0.2, -0.15) is 0 Å². The Hall–Kier alpha value is -8.30. The van der Waals surface area contributed by atoms with Crippen LogP contribution in [0, 0.1) is 0 Å². The summed E-state index contributed by atoms with van der Waals surface area (Å²) in [6, 6.07) is 24.5. The lowest BCUT2D eigenvalue weighted by molar-refractivity contribution is -0.131. The summed E-state index contributed by atoms with van der Waals surface area (Å²) in [6.45, 7) is 3.43. The molecule has 4 unspecified atom stereocenters. The van der Waals surface area contributed by atoms with Gasteiger partial charge >= 0.3 is 0 Å². The molecule has 0 saturated carbocycles. The highest BCUT2D eigenvalue weighted by atomic mass is 32.2. The third kappa shape index (κ3) is 41.0. The highest BCUT2D eigenvalue weighted by Gasteiger charge is 2.34. The van der Waals surface area contributed by atoms with Gasteiger partial charge in [0.15, 0.2) is 5.78 Å². The Labute approximate surface area is 584 Å². The molecule has 32 nitrogen and oxygen atoms in total. The molecule has 0 aliphatic rings. The Bertz CT molecular complexity index is 3070. The van der Waals surface area contributed by atoms with Gasteiger partial charge < -0.3 is 98.1 Å². The van der Waals surface area contributed by atoms with Crippen molar-refractivity contribution < 1.29 is 97.2 Å². The normalized spacial score (nSPS) is 12.6. The van der Waals surface area contributed by atoms with Crippen molar-refractivity contribution in [3.05, 3.63) is 119 Å². The summed E-state index contributed by atoms with van der Waals surface area (Å²) in [5, 5.41) is 19.3. The minimum absolute atomic E-state index is 0.000927. The maximum atomic E-state index is 13.4. The molecule has 0 bridgehead atoms. The average molecular weight is 1460 g/mol. The van der Waals surface area contributed by atoms with Gasteiger partial charge in [0.05, 0.1) is 39.6 Å². The molecule has 0 saturated heterocycles. The zero-order valence-electron chi connectivity index (χ0n) is 54.8. The lowest BCUT2D eigenvalue weighted by Crippen LogP contribution is -2.58. The van der Waals surface area contributed by atoms with Gasteiger partial charge in [-0.05, 0) is 143 Å². The molecule has 0 aliphatic carbocycles. The van der Waals surface area contributed by atoms with Gasteiger partial charge in [-0.1, -0.05) is 12.1 Å². The van der Waals surface area contributed by atoms with Crippen LogP contribution in [0.1, 0.15) is 134 Å². The Morgan fingerprint density at radius 2 is 0.697 bits per heavy atom. The predicted octanol–water partition coefficient (Wildman–Crippen LogP) is 2.40. The number of carbonyl (C=O) groups excluding carboxylic acids is 10. The number of anilines is 4. The van der Waals surface area contributed by atoms with E-state index in [1.165, 1.54) is 86.6 Å². The maximum absolute atomic E-state index is 13.4. The Balaban J connectivity index is 0.00000109. The third-order valence-electron chi connectivity index (χ3n) is 13.7. The lowest BCUT2D eigenvalue weighted by atomic mass is 10.0. The van der Waals surface area contributed by atoms with Gasteiger partial charge in [-0.15, -0.1) is 0 Å². The summed E-state index contributed by atoms with van der Waals surface area (Å²) < 4.78 is 112. The lowest BCUT2D eigenvalue weighted by Gasteiger charge is -2.34. The monoisotopic (exact) mass is 1460 g/mol. The molecule has 546 valence electrons. The number of hydrogen-bond donors (Lipinski definition) is 11. The van der Waals surface area contributed by atoms with Crippen LogP contribution in [0.5, 0.6) is 0 Å². The first kappa shape index (κ1) is 84.9. The number of ketones is 3. The summed E-state index contributed by atoms with van der Waals surface area (Å²) in [6.07, 6.45) is 3.15. The maximum Gasteiger partial charge on any atom is 0.251 e. The number of rotatable bonds is 50. The summed E-state index contributed by atoms with van der Waals surface area (Å²) in [4.78, 5) is 123. The smallest absolute Gasteiger partial charge is 0.251 e. The highest BCUT2D eigenvalue weighted by molar-refractivity contribution is 7.81. The molecule has 4 atom stereocenters. The molecule has 11 N–H and O–H groups in total. The number of amides is 7. The van der Waals surface area contributed by atoms with E-state index in [0.717, 1.165) is 5.56 Å². The summed E-state index contributed by atoms with van der Waals surface area (Å²) in [5.74, 6) is -2.73. The van der Waals surface area contributed by atoms with E-state index in [-0.39, 0.29) is 171 Å². The highest BCUT2D eigenvalue weighted by Crippen LogP contribution is 2.16. The van der Waals surface area contributed by atoms with Crippen molar-refractivity contribution in [1.82, 2.24) is 37.2 Å². The molecule has 0 heterocycles. The Morgan fingerprint density at radius 1 is 0.354 bits per heavy atom. The molecule has 0 aromatic heterocycles. The molecule has 4 aromatic carbocycles. The van der Waals surface area contributed by atoms with E-state index in [4.69, 9.17) is 14.2 Å². The fraction of sp³-hybridized carbons (Fsp3) is 0.460. The first-order chi connectivity index (χ1) is 47.3. The molecule has 0 spiro atoms. The predicted molar refractivity (Wildman–Crippen MR) is 365 cm³/mol. The van der Waals surface area contributed by atoms with E-state index in [1.807, 2.05) is 0 Å². The van der Waals surface area contributed by atoms with Crippen LogP contribution in [0.3, 0.4) is 0 Å². The summed E-state index contributed by atoms with van der Waals surface area (Å²) >= 11 is -9.83. The number of carbonyl (C=O) groups is 10. The standard InChI is InChI=1S/C50H71N9O17S3.C13H18N2O4S/c1-36(60)7-4-9-47(65)56-50(33-74-30-22-44(62)51-25-3-2-8-43(61)37-10-16-40(17-11-37)57-77(68)69,34-75-31-23-45(63)52-26-5-28-54-48(66)38-12-18-41(19-13-38)58-78(70)71)35-76-32-24-46(64)53-27-6-29-55-49(67)39-14-20-42(21-15-39)59-79(72)73;1-10(16)2-7-13(17)14-9-8-11-3-5-12(6-4-11)15-20(18)19/h10-21,57-59H,2-9,22-35H2,1H3,(H,51,62)(H,52,63)(H,53,64)(H,54,66)(H,55,67)(H,56,65)(H,68,69)(H,70,71)(H,72,73);3-6,15H,2,7-9H2,1H3,(H,14,17)(H,18,19)/p-4. The number of benzene rings is 4. The fourth-order valence-electron chi connectivity index (χ4n) is 8.63. The van der Waals surface area contributed by atoms with Crippen LogP contribution in [0.4, 0.5) is 22.7 Å². The van der Waals surface area contributed by atoms with Crippen molar-refractivity contribution in [3.63, 3.8) is 0 Å².